The zero-order valence-electron chi connectivity index (χ0n) is 16.8. The quantitative estimate of drug-likeness (QED) is 0.140. The summed E-state index contributed by atoms with van der Waals surface area (Å²) >= 11 is 6.24. The number of methoxy groups -OCH3 is 3. The summed E-state index contributed by atoms with van der Waals surface area (Å²) in [7, 11) is 3.43. The topological polar surface area (TPSA) is 157 Å². The minimum atomic E-state index is -0.950. The number of non-ortho nitro benzene ring substituents is 1. The van der Waals surface area contributed by atoms with Crippen LogP contribution in [0.5, 0.6) is 17.2 Å². The van der Waals surface area contributed by atoms with Crippen molar-refractivity contribution in [3.8, 4) is 17.2 Å². The van der Waals surface area contributed by atoms with Crippen LogP contribution in [0.1, 0.15) is 5.56 Å². The van der Waals surface area contributed by atoms with Crippen molar-refractivity contribution in [1.29, 1.82) is 0 Å². The molecule has 0 atom stereocenters. The summed E-state index contributed by atoms with van der Waals surface area (Å²) in [4.78, 5) is 44.3. The first-order valence-corrected chi connectivity index (χ1v) is 8.87. The molecule has 0 aliphatic heterocycles. The molecule has 0 bridgehead atoms. The predicted octanol–water partition coefficient (Wildman–Crippen LogP) is 3.69. The molecule has 0 heterocycles. The number of carbonyl (C=O) groups is 2. The molecule has 0 aromatic heterocycles. The first-order valence-electron chi connectivity index (χ1n) is 8.49. The Hall–Kier alpha value is -4.19. The van der Waals surface area contributed by atoms with Gasteiger partial charge in [0, 0.05) is 6.07 Å². The average Bonchev–Trinajstić information content (AvgIpc) is 2.77. The number of nitrogens with zero attached hydrogens (tertiary/aromatic N) is 2. The molecule has 32 heavy (non-hydrogen) atoms. The molecule has 0 aliphatic carbocycles. The number of ether oxygens (including phenoxy) is 4. The summed E-state index contributed by atoms with van der Waals surface area (Å²) < 4.78 is 19.8. The molecule has 0 spiro atoms. The van der Waals surface area contributed by atoms with E-state index in [1.165, 1.54) is 19.2 Å². The average molecular weight is 467 g/mol. The number of hydrogen-bond acceptors (Lipinski definition) is 10. The summed E-state index contributed by atoms with van der Waals surface area (Å²) in [5.74, 6) is -2.37. The highest BCUT2D eigenvalue weighted by atomic mass is 35.5. The van der Waals surface area contributed by atoms with Crippen LogP contribution in [0, 0.1) is 20.2 Å². The highest BCUT2D eigenvalue weighted by molar-refractivity contribution is 6.32. The molecule has 0 unspecified atom stereocenters. The molecule has 2 rings (SSSR count). The molecule has 0 fully saturated rings. The molecule has 12 nitrogen and oxygen atoms in total. The van der Waals surface area contributed by atoms with Crippen LogP contribution < -0.4 is 9.47 Å². The van der Waals surface area contributed by atoms with Gasteiger partial charge in [0.2, 0.25) is 5.75 Å². The molecular formula is C19H15ClN2O10. The van der Waals surface area contributed by atoms with Gasteiger partial charge in [-0.05, 0) is 29.8 Å². The van der Waals surface area contributed by atoms with Crippen molar-refractivity contribution in [2.24, 2.45) is 0 Å². The lowest BCUT2D eigenvalue weighted by Crippen LogP contribution is -2.15. The van der Waals surface area contributed by atoms with Gasteiger partial charge in [-0.15, -0.1) is 0 Å². The van der Waals surface area contributed by atoms with Crippen LogP contribution in [-0.4, -0.2) is 43.1 Å². The summed E-state index contributed by atoms with van der Waals surface area (Å²) in [6.45, 7) is 0. The van der Waals surface area contributed by atoms with Crippen LogP contribution in [0.3, 0.4) is 0 Å². The van der Waals surface area contributed by atoms with E-state index in [1.807, 2.05) is 0 Å². The van der Waals surface area contributed by atoms with E-state index in [-0.39, 0.29) is 27.8 Å². The number of esters is 2. The van der Waals surface area contributed by atoms with Crippen LogP contribution in [0.2, 0.25) is 5.02 Å². The van der Waals surface area contributed by atoms with E-state index in [4.69, 9.17) is 21.1 Å². The number of rotatable bonds is 8. The zero-order valence-corrected chi connectivity index (χ0v) is 17.6. The molecular weight excluding hydrogens is 452 g/mol. The Balaban J connectivity index is 2.56. The Kier molecular flexibility index (Phi) is 7.69. The van der Waals surface area contributed by atoms with Gasteiger partial charge in [0.15, 0.2) is 11.5 Å². The van der Waals surface area contributed by atoms with Crippen LogP contribution in [0.4, 0.5) is 11.4 Å². The third kappa shape index (κ3) is 5.29. The van der Waals surface area contributed by atoms with E-state index in [1.54, 1.807) is 0 Å². The fourth-order valence-corrected chi connectivity index (χ4v) is 2.73. The molecule has 0 saturated carbocycles. The Bertz CT molecular complexity index is 1110. The fraction of sp³-hybridized carbons (Fsp3) is 0.158. The van der Waals surface area contributed by atoms with Crippen LogP contribution in [0.25, 0.3) is 6.08 Å². The van der Waals surface area contributed by atoms with Crippen molar-refractivity contribution >= 4 is 41.0 Å². The maximum absolute atomic E-state index is 11.8. The predicted molar refractivity (Wildman–Crippen MR) is 110 cm³/mol. The largest absolute Gasteiger partial charge is 0.493 e. The lowest BCUT2D eigenvalue weighted by atomic mass is 10.1. The van der Waals surface area contributed by atoms with Crippen molar-refractivity contribution in [1.82, 2.24) is 0 Å². The first-order chi connectivity index (χ1) is 15.1. The monoisotopic (exact) mass is 466 g/mol. The van der Waals surface area contributed by atoms with Crippen molar-refractivity contribution < 1.29 is 38.4 Å². The van der Waals surface area contributed by atoms with Gasteiger partial charge in [-0.25, -0.2) is 9.59 Å². The van der Waals surface area contributed by atoms with Crippen LogP contribution in [0.15, 0.2) is 35.9 Å². The van der Waals surface area contributed by atoms with E-state index in [2.05, 4.69) is 9.47 Å². The Labute approximate surface area is 185 Å². The van der Waals surface area contributed by atoms with Gasteiger partial charge in [-0.2, -0.15) is 0 Å². The molecule has 168 valence electrons. The summed E-state index contributed by atoms with van der Waals surface area (Å²) in [6, 6.07) is 5.45. The van der Waals surface area contributed by atoms with Gasteiger partial charge >= 0.3 is 17.6 Å². The first kappa shape index (κ1) is 24.1. The highest BCUT2D eigenvalue weighted by Crippen LogP contribution is 2.43. The lowest BCUT2D eigenvalue weighted by Gasteiger charge is -2.13. The second-order valence-corrected chi connectivity index (χ2v) is 6.25. The summed E-state index contributed by atoms with van der Waals surface area (Å²) in [5.41, 5.74) is -1.36. The van der Waals surface area contributed by atoms with Gasteiger partial charge in [-0.1, -0.05) is 11.6 Å². The van der Waals surface area contributed by atoms with Crippen molar-refractivity contribution in [3.05, 3.63) is 66.7 Å². The number of benzene rings is 2. The number of hydrogen-bond donors (Lipinski definition) is 0. The maximum atomic E-state index is 11.8. The molecule has 0 saturated heterocycles. The van der Waals surface area contributed by atoms with E-state index >= 15 is 0 Å². The van der Waals surface area contributed by atoms with E-state index in [0.717, 1.165) is 38.5 Å². The normalized spacial score (nSPS) is 10.0. The standard InChI is InChI=1S/C19H15ClN2O10/c1-29-16-8-10(6-12(18(23)30-2)19(24)31-3)7-13(20)17(16)32-15-5-4-11(21(25)26)9-14(15)22(27)28/h4-9H,1-3H3. The van der Waals surface area contributed by atoms with Crippen LogP contribution >= 0.6 is 11.6 Å². The minimum Gasteiger partial charge on any atom is -0.493 e. The minimum absolute atomic E-state index is 0.00881. The van der Waals surface area contributed by atoms with E-state index < -0.39 is 38.7 Å². The fourth-order valence-electron chi connectivity index (χ4n) is 2.47. The maximum Gasteiger partial charge on any atom is 0.345 e. The number of nitro benzene ring substituents is 2. The van der Waals surface area contributed by atoms with Crippen LogP contribution in [-0.2, 0) is 19.1 Å². The number of carbonyl (C=O) groups excluding carboxylic acids is 2. The zero-order chi connectivity index (χ0) is 24.0. The van der Waals surface area contributed by atoms with Gasteiger partial charge < -0.3 is 18.9 Å². The van der Waals surface area contributed by atoms with Gasteiger partial charge in [-0.3, -0.25) is 20.2 Å². The second kappa shape index (κ2) is 10.2. The lowest BCUT2D eigenvalue weighted by molar-refractivity contribution is -0.394. The summed E-state index contributed by atoms with van der Waals surface area (Å²) in [5, 5.41) is 22.1. The molecule has 2 aromatic rings. The second-order valence-electron chi connectivity index (χ2n) is 5.84. The molecule has 0 aliphatic rings. The third-order valence-corrected chi connectivity index (χ3v) is 4.22. The molecule has 0 N–H and O–H groups in total. The number of nitro groups is 2. The van der Waals surface area contributed by atoms with E-state index in [9.17, 15) is 29.8 Å². The smallest absolute Gasteiger partial charge is 0.345 e. The summed E-state index contributed by atoms with van der Waals surface area (Å²) in [6.07, 6.45) is 1.14. The Morgan fingerprint density at radius 1 is 0.938 bits per heavy atom. The Morgan fingerprint density at radius 3 is 2.06 bits per heavy atom. The number of halogens is 1. The van der Waals surface area contributed by atoms with Gasteiger partial charge in [0.1, 0.15) is 5.57 Å². The van der Waals surface area contributed by atoms with Gasteiger partial charge in [0.25, 0.3) is 5.69 Å². The third-order valence-electron chi connectivity index (χ3n) is 3.94. The SMILES string of the molecule is COC(=O)C(=Cc1cc(Cl)c(Oc2ccc([N+](=O)[O-])cc2[N+](=O)[O-])c(OC)c1)C(=O)OC. The molecule has 0 radical (unpaired) electrons. The van der Waals surface area contributed by atoms with E-state index in [0.29, 0.717) is 0 Å². The van der Waals surface area contributed by atoms with Crippen molar-refractivity contribution in [2.75, 3.05) is 21.3 Å². The highest BCUT2D eigenvalue weighted by Gasteiger charge is 2.24. The van der Waals surface area contributed by atoms with Crippen molar-refractivity contribution in [2.45, 2.75) is 0 Å². The molecule has 0 amide bonds. The molecule has 13 heteroatoms. The molecule has 2 aromatic carbocycles. The Morgan fingerprint density at radius 2 is 1.56 bits per heavy atom. The van der Waals surface area contributed by atoms with Gasteiger partial charge in [0.05, 0.1) is 42.3 Å². The van der Waals surface area contributed by atoms with Crippen molar-refractivity contribution in [3.63, 3.8) is 0 Å².